The standard InChI is InChI=1S/C8H7ClO2S/c1-11-8(10)6-3-2-5(9)4-7(6)12/h2-3H,4H2,1H3. The predicted molar refractivity (Wildman–Crippen MR) is 51.3 cm³/mol. The first-order chi connectivity index (χ1) is 5.65. The van der Waals surface area contributed by atoms with Gasteiger partial charge < -0.3 is 4.74 Å². The van der Waals surface area contributed by atoms with Gasteiger partial charge in [0, 0.05) is 16.3 Å². The average Bonchev–Trinajstić information content (AvgIpc) is 2.03. The van der Waals surface area contributed by atoms with Crippen molar-refractivity contribution in [3.05, 3.63) is 22.8 Å². The Morgan fingerprint density at radius 2 is 2.33 bits per heavy atom. The van der Waals surface area contributed by atoms with Crippen LogP contribution in [-0.2, 0) is 9.53 Å². The average molecular weight is 203 g/mol. The number of halogens is 1. The van der Waals surface area contributed by atoms with Gasteiger partial charge in [-0.2, -0.15) is 0 Å². The number of methoxy groups -OCH3 is 1. The Labute approximate surface area is 80.8 Å². The first-order valence-electron chi connectivity index (χ1n) is 3.33. The van der Waals surface area contributed by atoms with Crippen LogP contribution in [0.4, 0.5) is 0 Å². The van der Waals surface area contributed by atoms with E-state index in [1.165, 1.54) is 7.11 Å². The molecule has 1 aliphatic rings. The largest absolute Gasteiger partial charge is 0.465 e. The van der Waals surface area contributed by atoms with Crippen LogP contribution in [0.1, 0.15) is 6.42 Å². The van der Waals surface area contributed by atoms with Gasteiger partial charge >= 0.3 is 5.97 Å². The van der Waals surface area contributed by atoms with Crippen LogP contribution in [-0.4, -0.2) is 17.9 Å². The quantitative estimate of drug-likeness (QED) is 0.481. The first-order valence-corrected chi connectivity index (χ1v) is 4.11. The molecule has 0 atom stereocenters. The molecule has 64 valence electrons. The van der Waals surface area contributed by atoms with Crippen molar-refractivity contribution in [2.45, 2.75) is 6.42 Å². The molecule has 0 amide bonds. The second-order valence-electron chi connectivity index (χ2n) is 2.29. The molecule has 0 fully saturated rings. The van der Waals surface area contributed by atoms with Crippen LogP contribution < -0.4 is 0 Å². The molecule has 0 aromatic heterocycles. The molecule has 4 heteroatoms. The SMILES string of the molecule is COC(=O)C1=CC=C(Cl)CC1=S. The van der Waals surface area contributed by atoms with Crippen molar-refractivity contribution in [1.82, 2.24) is 0 Å². The smallest absolute Gasteiger partial charge is 0.338 e. The van der Waals surface area contributed by atoms with Gasteiger partial charge in [0.2, 0.25) is 0 Å². The summed E-state index contributed by atoms with van der Waals surface area (Å²) in [5.41, 5.74) is 0.428. The number of rotatable bonds is 1. The molecule has 0 saturated heterocycles. The molecule has 0 heterocycles. The Kier molecular flexibility index (Phi) is 3.00. The summed E-state index contributed by atoms with van der Waals surface area (Å²) in [6, 6.07) is 0. The van der Waals surface area contributed by atoms with Crippen molar-refractivity contribution in [1.29, 1.82) is 0 Å². The Morgan fingerprint density at radius 1 is 1.67 bits per heavy atom. The molecule has 0 bridgehead atoms. The van der Waals surface area contributed by atoms with Gasteiger partial charge in [0.05, 0.1) is 12.7 Å². The number of carbonyl (C=O) groups excluding carboxylic acids is 1. The van der Waals surface area contributed by atoms with Crippen molar-refractivity contribution in [3.63, 3.8) is 0 Å². The number of ether oxygens (including phenoxy) is 1. The van der Waals surface area contributed by atoms with Gasteiger partial charge in [-0.1, -0.05) is 23.8 Å². The molecular formula is C8H7ClO2S. The van der Waals surface area contributed by atoms with Crippen LogP contribution >= 0.6 is 23.8 Å². The Hall–Kier alpha value is -0.670. The molecule has 2 nitrogen and oxygen atoms in total. The predicted octanol–water partition coefficient (Wildman–Crippen LogP) is 1.98. The highest BCUT2D eigenvalue weighted by atomic mass is 35.5. The lowest BCUT2D eigenvalue weighted by Gasteiger charge is -2.09. The number of hydrogen-bond donors (Lipinski definition) is 0. The summed E-state index contributed by atoms with van der Waals surface area (Å²) in [5.74, 6) is -0.402. The summed E-state index contributed by atoms with van der Waals surface area (Å²) in [7, 11) is 1.33. The molecule has 0 aliphatic heterocycles. The van der Waals surface area contributed by atoms with E-state index in [0.29, 0.717) is 21.9 Å². The van der Waals surface area contributed by atoms with Gasteiger partial charge in [0.1, 0.15) is 0 Å². The lowest BCUT2D eigenvalue weighted by Crippen LogP contribution is -2.14. The van der Waals surface area contributed by atoms with E-state index >= 15 is 0 Å². The Morgan fingerprint density at radius 3 is 2.83 bits per heavy atom. The van der Waals surface area contributed by atoms with E-state index < -0.39 is 5.97 Å². The van der Waals surface area contributed by atoms with Gasteiger partial charge in [-0.05, 0) is 12.2 Å². The highest BCUT2D eigenvalue weighted by Gasteiger charge is 2.17. The van der Waals surface area contributed by atoms with E-state index in [4.69, 9.17) is 23.8 Å². The summed E-state index contributed by atoms with van der Waals surface area (Å²) < 4.78 is 4.53. The lowest BCUT2D eigenvalue weighted by atomic mass is 10.1. The normalized spacial score (nSPS) is 16.7. The maximum Gasteiger partial charge on any atom is 0.338 e. The number of esters is 1. The monoisotopic (exact) mass is 202 g/mol. The summed E-state index contributed by atoms with van der Waals surface area (Å²) in [5, 5.41) is 0.646. The van der Waals surface area contributed by atoms with Gasteiger partial charge in [0.25, 0.3) is 0 Å². The Bertz CT molecular complexity index is 281. The fraction of sp³-hybridized carbons (Fsp3) is 0.250. The van der Waals surface area contributed by atoms with Gasteiger partial charge in [0.15, 0.2) is 0 Å². The minimum Gasteiger partial charge on any atom is -0.465 e. The Balaban J connectivity index is 2.90. The van der Waals surface area contributed by atoms with E-state index in [0.717, 1.165) is 0 Å². The molecular weight excluding hydrogens is 196 g/mol. The minimum absolute atomic E-state index is 0.402. The number of hydrogen-bond acceptors (Lipinski definition) is 3. The second kappa shape index (κ2) is 3.83. The van der Waals surface area contributed by atoms with Crippen LogP contribution in [0.2, 0.25) is 0 Å². The molecule has 0 unspecified atom stereocenters. The number of thiocarbonyl (C=S) groups is 1. The zero-order chi connectivity index (χ0) is 9.14. The van der Waals surface area contributed by atoms with Crippen LogP contribution in [0.15, 0.2) is 22.8 Å². The van der Waals surface area contributed by atoms with Gasteiger partial charge in [-0.15, -0.1) is 0 Å². The molecule has 0 aromatic carbocycles. The van der Waals surface area contributed by atoms with Crippen LogP contribution in [0.3, 0.4) is 0 Å². The number of carbonyl (C=O) groups is 1. The summed E-state index contributed by atoms with van der Waals surface area (Å²) >= 11 is 10.7. The van der Waals surface area contributed by atoms with Crippen LogP contribution in [0.25, 0.3) is 0 Å². The first kappa shape index (κ1) is 9.42. The molecule has 1 aliphatic carbocycles. The molecule has 12 heavy (non-hydrogen) atoms. The van der Waals surface area contributed by atoms with E-state index in [9.17, 15) is 4.79 Å². The van der Waals surface area contributed by atoms with Crippen molar-refractivity contribution < 1.29 is 9.53 Å². The topological polar surface area (TPSA) is 26.3 Å². The summed E-state index contributed by atoms with van der Waals surface area (Å²) in [6.45, 7) is 0. The molecule has 0 saturated carbocycles. The van der Waals surface area contributed by atoms with E-state index in [-0.39, 0.29) is 0 Å². The lowest BCUT2D eigenvalue weighted by molar-refractivity contribution is -0.135. The van der Waals surface area contributed by atoms with Gasteiger partial charge in [-0.25, -0.2) is 4.79 Å². The third-order valence-electron chi connectivity index (χ3n) is 1.47. The van der Waals surface area contributed by atoms with Crippen LogP contribution in [0, 0.1) is 0 Å². The second-order valence-corrected chi connectivity index (χ2v) is 3.26. The summed E-state index contributed by atoms with van der Waals surface area (Å²) in [4.78, 5) is 11.6. The molecule has 0 radical (unpaired) electrons. The highest BCUT2D eigenvalue weighted by molar-refractivity contribution is 7.81. The molecule has 0 spiro atoms. The molecule has 0 aromatic rings. The summed E-state index contributed by atoms with van der Waals surface area (Å²) in [6.07, 6.45) is 3.70. The van der Waals surface area contributed by atoms with E-state index in [1.54, 1.807) is 12.2 Å². The minimum atomic E-state index is -0.402. The zero-order valence-electron chi connectivity index (χ0n) is 6.46. The third kappa shape index (κ3) is 1.93. The van der Waals surface area contributed by atoms with E-state index in [1.807, 2.05) is 0 Å². The van der Waals surface area contributed by atoms with Gasteiger partial charge in [-0.3, -0.25) is 0 Å². The van der Waals surface area contributed by atoms with Crippen molar-refractivity contribution >= 4 is 34.7 Å². The maximum atomic E-state index is 11.0. The highest BCUT2D eigenvalue weighted by Crippen LogP contribution is 2.19. The zero-order valence-corrected chi connectivity index (χ0v) is 8.04. The van der Waals surface area contributed by atoms with Crippen molar-refractivity contribution in [2.24, 2.45) is 0 Å². The third-order valence-corrected chi connectivity index (χ3v) is 2.09. The van der Waals surface area contributed by atoms with Crippen molar-refractivity contribution in [3.8, 4) is 0 Å². The fourth-order valence-corrected chi connectivity index (χ4v) is 1.45. The van der Waals surface area contributed by atoms with Crippen molar-refractivity contribution in [2.75, 3.05) is 7.11 Å². The van der Waals surface area contributed by atoms with E-state index in [2.05, 4.69) is 4.74 Å². The molecule has 0 N–H and O–H groups in total. The molecule has 1 rings (SSSR count). The maximum absolute atomic E-state index is 11.0. The number of allylic oxidation sites excluding steroid dienone is 3. The van der Waals surface area contributed by atoms with Crippen LogP contribution in [0.5, 0.6) is 0 Å². The fourth-order valence-electron chi connectivity index (χ4n) is 0.866.